The predicted molar refractivity (Wildman–Crippen MR) is 78.0 cm³/mol. The van der Waals surface area contributed by atoms with Crippen molar-refractivity contribution in [2.45, 2.75) is 45.2 Å². The van der Waals surface area contributed by atoms with Gasteiger partial charge in [-0.15, -0.1) is 0 Å². The van der Waals surface area contributed by atoms with Gasteiger partial charge in [-0.25, -0.2) is 0 Å². The third-order valence-electron chi connectivity index (χ3n) is 3.86. The Morgan fingerprint density at radius 2 is 2.28 bits per heavy atom. The van der Waals surface area contributed by atoms with E-state index in [2.05, 4.69) is 55.4 Å². The van der Waals surface area contributed by atoms with Crippen molar-refractivity contribution in [2.75, 3.05) is 20.1 Å². The van der Waals surface area contributed by atoms with Gasteiger partial charge in [0.15, 0.2) is 0 Å². The summed E-state index contributed by atoms with van der Waals surface area (Å²) < 4.78 is 0. The van der Waals surface area contributed by atoms with Crippen LogP contribution in [0.3, 0.4) is 0 Å². The van der Waals surface area contributed by atoms with Crippen molar-refractivity contribution in [1.82, 2.24) is 10.2 Å². The molecule has 0 aliphatic carbocycles. The second-order valence-electron chi connectivity index (χ2n) is 5.84. The lowest BCUT2D eigenvalue weighted by Gasteiger charge is -2.19. The van der Waals surface area contributed by atoms with Gasteiger partial charge in [-0.05, 0) is 52.3 Å². The van der Waals surface area contributed by atoms with E-state index < -0.39 is 0 Å². The first kappa shape index (κ1) is 13.6. The van der Waals surface area contributed by atoms with Gasteiger partial charge in [0.25, 0.3) is 0 Å². The molecule has 2 heteroatoms. The Hall–Kier alpha value is -0.860. The fraction of sp³-hybridized carbons (Fsp3) is 0.625. The number of benzene rings is 1. The highest BCUT2D eigenvalue weighted by Crippen LogP contribution is 2.11. The standard InChI is InChI=1S/C16H26N2/c1-13-5-4-6-15(11-13)8-7-14(2)17-16-9-10-18(3)12-16/h4-6,11,14,16-17H,7-10,12H2,1-3H3. The normalized spacial score (nSPS) is 22.3. The van der Waals surface area contributed by atoms with Crippen LogP contribution in [-0.2, 0) is 6.42 Å². The lowest BCUT2D eigenvalue weighted by molar-refractivity contribution is 0.380. The smallest absolute Gasteiger partial charge is 0.0209 e. The molecule has 2 rings (SSSR count). The molecule has 1 heterocycles. The zero-order chi connectivity index (χ0) is 13.0. The van der Waals surface area contributed by atoms with Crippen molar-refractivity contribution < 1.29 is 0 Å². The Kier molecular flexibility index (Phi) is 4.79. The van der Waals surface area contributed by atoms with Gasteiger partial charge in [0.2, 0.25) is 0 Å². The molecule has 1 aliphatic rings. The SMILES string of the molecule is Cc1cccc(CCC(C)NC2CCN(C)C2)c1. The van der Waals surface area contributed by atoms with Gasteiger partial charge >= 0.3 is 0 Å². The number of nitrogens with zero attached hydrogens (tertiary/aromatic N) is 1. The van der Waals surface area contributed by atoms with Crippen LogP contribution < -0.4 is 5.32 Å². The van der Waals surface area contributed by atoms with Crippen LogP contribution in [0, 0.1) is 6.92 Å². The zero-order valence-corrected chi connectivity index (χ0v) is 11.9. The van der Waals surface area contributed by atoms with Crippen LogP contribution in [0.25, 0.3) is 0 Å². The maximum absolute atomic E-state index is 3.75. The third kappa shape index (κ3) is 4.11. The first-order valence-corrected chi connectivity index (χ1v) is 7.13. The Bertz CT molecular complexity index is 375. The third-order valence-corrected chi connectivity index (χ3v) is 3.86. The van der Waals surface area contributed by atoms with Crippen molar-refractivity contribution in [2.24, 2.45) is 0 Å². The highest BCUT2D eigenvalue weighted by atomic mass is 15.2. The molecule has 100 valence electrons. The second kappa shape index (κ2) is 6.35. The van der Waals surface area contributed by atoms with Gasteiger partial charge in [-0.2, -0.15) is 0 Å². The summed E-state index contributed by atoms with van der Waals surface area (Å²) in [6, 6.07) is 10.2. The molecule has 0 bridgehead atoms. The van der Waals surface area contributed by atoms with Crippen LogP contribution in [0.15, 0.2) is 24.3 Å². The molecule has 0 saturated carbocycles. The van der Waals surface area contributed by atoms with E-state index in [0.717, 1.165) is 0 Å². The minimum Gasteiger partial charge on any atom is -0.310 e. The topological polar surface area (TPSA) is 15.3 Å². The highest BCUT2D eigenvalue weighted by Gasteiger charge is 2.20. The molecule has 2 unspecified atom stereocenters. The van der Waals surface area contributed by atoms with Crippen LogP contribution in [0.2, 0.25) is 0 Å². The highest BCUT2D eigenvalue weighted by molar-refractivity contribution is 5.22. The summed E-state index contributed by atoms with van der Waals surface area (Å²) in [6.07, 6.45) is 3.70. The summed E-state index contributed by atoms with van der Waals surface area (Å²) >= 11 is 0. The van der Waals surface area contributed by atoms with Gasteiger partial charge in [0.05, 0.1) is 0 Å². The average Bonchev–Trinajstić information content (AvgIpc) is 2.72. The van der Waals surface area contributed by atoms with E-state index in [4.69, 9.17) is 0 Å². The summed E-state index contributed by atoms with van der Waals surface area (Å²) in [7, 11) is 2.21. The van der Waals surface area contributed by atoms with Gasteiger partial charge in [0.1, 0.15) is 0 Å². The number of hydrogen-bond acceptors (Lipinski definition) is 2. The number of likely N-dealkylation sites (tertiary alicyclic amines) is 1. The van der Waals surface area contributed by atoms with Gasteiger partial charge < -0.3 is 10.2 Å². The maximum Gasteiger partial charge on any atom is 0.0209 e. The molecule has 0 aromatic heterocycles. The molecule has 2 nitrogen and oxygen atoms in total. The zero-order valence-electron chi connectivity index (χ0n) is 11.9. The number of rotatable bonds is 5. The number of likely N-dealkylation sites (N-methyl/N-ethyl adjacent to an activating group) is 1. The first-order valence-electron chi connectivity index (χ1n) is 7.13. The van der Waals surface area contributed by atoms with Crippen molar-refractivity contribution >= 4 is 0 Å². The molecule has 0 radical (unpaired) electrons. The van der Waals surface area contributed by atoms with Crippen LogP contribution >= 0.6 is 0 Å². The van der Waals surface area contributed by atoms with E-state index in [9.17, 15) is 0 Å². The molecular weight excluding hydrogens is 220 g/mol. The fourth-order valence-electron chi connectivity index (χ4n) is 2.81. The summed E-state index contributed by atoms with van der Waals surface area (Å²) in [6.45, 7) is 6.92. The minimum absolute atomic E-state index is 0.613. The summed E-state index contributed by atoms with van der Waals surface area (Å²) in [5.74, 6) is 0. The largest absolute Gasteiger partial charge is 0.310 e. The summed E-state index contributed by atoms with van der Waals surface area (Å²) in [5, 5.41) is 3.75. The van der Waals surface area contributed by atoms with E-state index in [0.29, 0.717) is 12.1 Å². The van der Waals surface area contributed by atoms with Crippen molar-refractivity contribution in [3.63, 3.8) is 0 Å². The Balaban J connectivity index is 1.73. The van der Waals surface area contributed by atoms with Crippen LogP contribution in [0.1, 0.15) is 30.9 Å². The molecule has 1 N–H and O–H groups in total. The fourth-order valence-corrected chi connectivity index (χ4v) is 2.81. The second-order valence-corrected chi connectivity index (χ2v) is 5.84. The summed E-state index contributed by atoms with van der Waals surface area (Å²) in [5.41, 5.74) is 2.83. The van der Waals surface area contributed by atoms with Crippen LogP contribution in [0.4, 0.5) is 0 Å². The monoisotopic (exact) mass is 246 g/mol. The lowest BCUT2D eigenvalue weighted by atomic mass is 10.0. The van der Waals surface area contributed by atoms with Crippen molar-refractivity contribution in [1.29, 1.82) is 0 Å². The van der Waals surface area contributed by atoms with E-state index in [1.165, 1.54) is 43.5 Å². The van der Waals surface area contributed by atoms with E-state index in [1.807, 2.05) is 0 Å². The maximum atomic E-state index is 3.75. The molecule has 0 spiro atoms. The van der Waals surface area contributed by atoms with Crippen LogP contribution in [-0.4, -0.2) is 37.1 Å². The van der Waals surface area contributed by atoms with Gasteiger partial charge in [-0.1, -0.05) is 29.8 Å². The average molecular weight is 246 g/mol. The number of aryl methyl sites for hydroxylation is 2. The van der Waals surface area contributed by atoms with E-state index >= 15 is 0 Å². The molecule has 1 fully saturated rings. The van der Waals surface area contributed by atoms with Gasteiger partial charge in [0, 0.05) is 18.6 Å². The molecule has 0 amide bonds. The molecule has 1 aliphatic heterocycles. The Morgan fingerprint density at radius 3 is 2.94 bits per heavy atom. The van der Waals surface area contributed by atoms with Crippen molar-refractivity contribution in [3.05, 3.63) is 35.4 Å². The Labute approximate surface area is 111 Å². The van der Waals surface area contributed by atoms with E-state index in [1.54, 1.807) is 0 Å². The van der Waals surface area contributed by atoms with Gasteiger partial charge in [-0.3, -0.25) is 0 Å². The number of nitrogens with one attached hydrogen (secondary N) is 1. The molecule has 1 aromatic carbocycles. The van der Waals surface area contributed by atoms with Crippen LogP contribution in [0.5, 0.6) is 0 Å². The molecular formula is C16H26N2. The van der Waals surface area contributed by atoms with Crippen molar-refractivity contribution in [3.8, 4) is 0 Å². The molecule has 18 heavy (non-hydrogen) atoms. The Morgan fingerprint density at radius 1 is 1.44 bits per heavy atom. The first-order chi connectivity index (χ1) is 8.63. The number of hydrogen-bond donors (Lipinski definition) is 1. The molecule has 1 aromatic rings. The lowest BCUT2D eigenvalue weighted by Crippen LogP contribution is -2.38. The molecule has 1 saturated heterocycles. The summed E-state index contributed by atoms with van der Waals surface area (Å²) in [4.78, 5) is 2.41. The predicted octanol–water partition coefficient (Wildman–Crippen LogP) is 2.61. The van der Waals surface area contributed by atoms with E-state index in [-0.39, 0.29) is 0 Å². The minimum atomic E-state index is 0.613. The molecule has 2 atom stereocenters. The quantitative estimate of drug-likeness (QED) is 0.859.